The maximum Gasteiger partial charge on any atom is 0.0666 e. The smallest absolute Gasteiger partial charge is 0.0666 e. The molecule has 0 saturated heterocycles. The molecule has 0 fully saturated rings. The maximum absolute atomic E-state index is 9.27. The van der Waals surface area contributed by atoms with Gasteiger partial charge in [-0.1, -0.05) is 64.3 Å². The lowest BCUT2D eigenvalue weighted by molar-refractivity contribution is 0.309. The van der Waals surface area contributed by atoms with E-state index < -0.39 is 0 Å². The molecule has 1 heteroatoms. The van der Waals surface area contributed by atoms with Crippen LogP contribution in [-0.2, 0) is 12.8 Å². The molecule has 2 unspecified atom stereocenters. The molecule has 1 nitrogen and oxygen atoms in total. The van der Waals surface area contributed by atoms with Crippen molar-refractivity contribution in [1.29, 1.82) is 5.26 Å². The molecule has 3 aromatic rings. The Hall–Kier alpha value is -2.85. The van der Waals surface area contributed by atoms with E-state index in [2.05, 4.69) is 78.6 Å². The van der Waals surface area contributed by atoms with Crippen LogP contribution in [0.15, 0.2) is 30.4 Å². The van der Waals surface area contributed by atoms with Gasteiger partial charge in [-0.15, -0.1) is 0 Å². The predicted molar refractivity (Wildman–Crippen MR) is 135 cm³/mol. The molecule has 0 spiro atoms. The van der Waals surface area contributed by atoms with Crippen LogP contribution in [0.3, 0.4) is 0 Å². The number of fused-ring (bicyclic) bond motifs is 3. The van der Waals surface area contributed by atoms with E-state index in [0.29, 0.717) is 12.3 Å². The second kappa shape index (κ2) is 7.38. The molecule has 0 aromatic heterocycles. The Labute approximate surface area is 186 Å². The number of hydrogen-bond acceptors (Lipinski definition) is 1. The number of nitrogens with zero attached hydrogens (tertiary/aromatic N) is 1. The van der Waals surface area contributed by atoms with Crippen LogP contribution in [0.1, 0.15) is 67.3 Å². The molecule has 0 heterocycles. The SMILES string of the molecule is C=C(CC#N)C1(C)Cc2c(c(C)c3c(=C)c4c(CC)cccc4c(=C)c3c2C)C(C)C1. The van der Waals surface area contributed by atoms with Gasteiger partial charge in [-0.2, -0.15) is 5.26 Å². The van der Waals surface area contributed by atoms with Gasteiger partial charge < -0.3 is 0 Å². The highest BCUT2D eigenvalue weighted by molar-refractivity contribution is 6.04. The van der Waals surface area contributed by atoms with Gasteiger partial charge in [0.1, 0.15) is 0 Å². The van der Waals surface area contributed by atoms with Crippen molar-refractivity contribution in [3.05, 3.63) is 68.6 Å². The summed E-state index contributed by atoms with van der Waals surface area (Å²) < 4.78 is 0. The van der Waals surface area contributed by atoms with Gasteiger partial charge in [0.15, 0.2) is 0 Å². The molecular weight excluding hydrogens is 374 g/mol. The molecule has 2 atom stereocenters. The van der Waals surface area contributed by atoms with Gasteiger partial charge in [0.05, 0.1) is 12.5 Å². The minimum Gasteiger partial charge on any atom is -0.198 e. The molecular formula is C30H33N. The summed E-state index contributed by atoms with van der Waals surface area (Å²) in [6.07, 6.45) is 3.39. The molecule has 0 radical (unpaired) electrons. The van der Waals surface area contributed by atoms with Crippen molar-refractivity contribution >= 4 is 34.7 Å². The average Bonchev–Trinajstić information content (AvgIpc) is 2.73. The Morgan fingerprint density at radius 3 is 2.45 bits per heavy atom. The first-order valence-corrected chi connectivity index (χ1v) is 11.4. The molecule has 0 saturated carbocycles. The van der Waals surface area contributed by atoms with Crippen LogP contribution in [0.25, 0.3) is 34.7 Å². The lowest BCUT2D eigenvalue weighted by atomic mass is 9.62. The minimum absolute atomic E-state index is 0.0477. The highest BCUT2D eigenvalue weighted by Crippen LogP contribution is 2.49. The quantitative estimate of drug-likeness (QED) is 0.358. The molecule has 0 amide bonds. The van der Waals surface area contributed by atoms with Crippen LogP contribution in [0, 0.1) is 30.6 Å². The van der Waals surface area contributed by atoms with Gasteiger partial charge in [-0.25, -0.2) is 0 Å². The van der Waals surface area contributed by atoms with E-state index >= 15 is 0 Å². The Morgan fingerprint density at radius 1 is 1.13 bits per heavy atom. The van der Waals surface area contributed by atoms with Gasteiger partial charge in [0.25, 0.3) is 0 Å². The van der Waals surface area contributed by atoms with Crippen molar-refractivity contribution in [2.45, 2.75) is 66.2 Å². The fourth-order valence-electron chi connectivity index (χ4n) is 6.32. The van der Waals surface area contributed by atoms with E-state index in [9.17, 15) is 5.26 Å². The third kappa shape index (κ3) is 2.96. The van der Waals surface area contributed by atoms with Gasteiger partial charge in [-0.3, -0.25) is 0 Å². The predicted octanol–water partition coefficient (Wildman–Crippen LogP) is 6.52. The summed E-state index contributed by atoms with van der Waals surface area (Å²) >= 11 is 0. The normalized spacial score (nSPS) is 20.6. The van der Waals surface area contributed by atoms with E-state index in [-0.39, 0.29) is 5.41 Å². The van der Waals surface area contributed by atoms with E-state index in [4.69, 9.17) is 0 Å². The van der Waals surface area contributed by atoms with Crippen LogP contribution in [0.2, 0.25) is 0 Å². The topological polar surface area (TPSA) is 23.8 Å². The van der Waals surface area contributed by atoms with Crippen LogP contribution in [0.5, 0.6) is 0 Å². The summed E-state index contributed by atoms with van der Waals surface area (Å²) in [5, 5.41) is 16.6. The van der Waals surface area contributed by atoms with E-state index in [1.54, 1.807) is 0 Å². The third-order valence-electron chi connectivity index (χ3n) is 7.91. The number of rotatable bonds is 3. The zero-order chi connectivity index (χ0) is 22.7. The summed E-state index contributed by atoms with van der Waals surface area (Å²) in [5.41, 5.74) is 7.95. The summed E-state index contributed by atoms with van der Waals surface area (Å²) in [5.74, 6) is 0.414. The molecule has 1 aliphatic carbocycles. The van der Waals surface area contributed by atoms with Crippen LogP contribution >= 0.6 is 0 Å². The van der Waals surface area contributed by atoms with Crippen LogP contribution in [0.4, 0.5) is 0 Å². The first-order valence-electron chi connectivity index (χ1n) is 11.4. The van der Waals surface area contributed by atoms with E-state index in [1.165, 1.54) is 49.4 Å². The molecule has 31 heavy (non-hydrogen) atoms. The Balaban J connectivity index is 2.14. The highest BCUT2D eigenvalue weighted by atomic mass is 14.4. The third-order valence-corrected chi connectivity index (χ3v) is 7.91. The molecule has 3 aromatic carbocycles. The summed E-state index contributed by atoms with van der Waals surface area (Å²) in [6.45, 7) is 24.9. The molecule has 0 aliphatic heterocycles. The fraction of sp³-hybridized carbons (Fsp3) is 0.367. The first-order chi connectivity index (χ1) is 14.7. The van der Waals surface area contributed by atoms with Gasteiger partial charge in [0.2, 0.25) is 0 Å². The largest absolute Gasteiger partial charge is 0.198 e. The second-order valence-corrected chi connectivity index (χ2v) is 9.82. The van der Waals surface area contributed by atoms with E-state index in [0.717, 1.165) is 35.3 Å². The van der Waals surface area contributed by atoms with Gasteiger partial charge >= 0.3 is 0 Å². The summed E-state index contributed by atoms with van der Waals surface area (Å²) in [7, 11) is 0. The van der Waals surface area contributed by atoms with Crippen molar-refractivity contribution in [3.63, 3.8) is 0 Å². The van der Waals surface area contributed by atoms with Crippen molar-refractivity contribution in [1.82, 2.24) is 0 Å². The summed E-state index contributed by atoms with van der Waals surface area (Å²) in [4.78, 5) is 0. The zero-order valence-corrected chi connectivity index (χ0v) is 19.7. The number of hydrogen-bond donors (Lipinski definition) is 0. The van der Waals surface area contributed by atoms with E-state index in [1.807, 2.05) is 0 Å². The molecule has 1 aliphatic rings. The maximum atomic E-state index is 9.27. The molecule has 158 valence electrons. The molecule has 0 bridgehead atoms. The Bertz CT molecular complexity index is 1400. The number of allylic oxidation sites excluding steroid dienone is 1. The Morgan fingerprint density at radius 2 is 1.81 bits per heavy atom. The number of nitriles is 1. The van der Waals surface area contributed by atoms with Crippen molar-refractivity contribution < 1.29 is 0 Å². The second-order valence-electron chi connectivity index (χ2n) is 9.82. The number of aryl methyl sites for hydroxylation is 3. The standard InChI is InChI=1S/C30H33N/c1-9-23-11-10-12-24-19(4)27-20(5)25-16-30(8,18(3)13-14-31)15-17(2)26(25)21(6)28(27)22(7)29(23)24/h10-12,17H,3-4,7,9,13,15-16H2,1-2,5-6,8H3. The monoisotopic (exact) mass is 407 g/mol. The fourth-order valence-corrected chi connectivity index (χ4v) is 6.32. The van der Waals surface area contributed by atoms with Gasteiger partial charge in [0, 0.05) is 0 Å². The molecule has 4 rings (SSSR count). The van der Waals surface area contributed by atoms with Crippen molar-refractivity contribution in [2.75, 3.05) is 0 Å². The first kappa shape index (κ1) is 21.4. The molecule has 0 N–H and O–H groups in total. The Kier molecular flexibility index (Phi) is 5.09. The highest BCUT2D eigenvalue weighted by Gasteiger charge is 2.38. The average molecular weight is 408 g/mol. The zero-order valence-electron chi connectivity index (χ0n) is 19.7. The minimum atomic E-state index is -0.0477. The summed E-state index contributed by atoms with van der Waals surface area (Å²) in [6, 6.07) is 8.87. The lowest BCUT2D eigenvalue weighted by Gasteiger charge is -2.41. The van der Waals surface area contributed by atoms with Crippen molar-refractivity contribution in [2.24, 2.45) is 5.41 Å². The number of benzene rings is 3. The van der Waals surface area contributed by atoms with Crippen molar-refractivity contribution in [3.8, 4) is 6.07 Å². The van der Waals surface area contributed by atoms with Crippen LogP contribution < -0.4 is 10.4 Å². The van der Waals surface area contributed by atoms with Crippen LogP contribution in [-0.4, -0.2) is 0 Å². The van der Waals surface area contributed by atoms with Gasteiger partial charge in [-0.05, 0) is 104 Å². The lowest BCUT2D eigenvalue weighted by Crippen LogP contribution is -2.31.